The lowest BCUT2D eigenvalue weighted by Gasteiger charge is -2.39. The fourth-order valence-electron chi connectivity index (χ4n) is 3.12. The number of hydrogen-bond donors (Lipinski definition) is 0. The van der Waals surface area contributed by atoms with Crippen LogP contribution in [-0.4, -0.2) is 49.6 Å². The maximum absolute atomic E-state index is 13.0. The number of methoxy groups -OCH3 is 1. The summed E-state index contributed by atoms with van der Waals surface area (Å²) < 4.78 is 10.8. The number of rotatable bonds is 6. The van der Waals surface area contributed by atoms with Crippen LogP contribution >= 0.6 is 11.8 Å². The average Bonchev–Trinajstić information content (AvgIpc) is 2.69. The second-order valence-corrected chi connectivity index (χ2v) is 7.88. The van der Waals surface area contributed by atoms with E-state index in [1.54, 1.807) is 18.9 Å². The SMILES string of the molecule is COc1ccccc1Sc1ccc(C(=O)C(C)(C)N2CCOCC2)cc1. The van der Waals surface area contributed by atoms with E-state index in [2.05, 4.69) is 4.90 Å². The molecule has 0 aliphatic carbocycles. The van der Waals surface area contributed by atoms with Gasteiger partial charge in [-0.3, -0.25) is 9.69 Å². The van der Waals surface area contributed by atoms with E-state index in [1.807, 2.05) is 62.4 Å². The predicted molar refractivity (Wildman–Crippen MR) is 104 cm³/mol. The summed E-state index contributed by atoms with van der Waals surface area (Å²) in [4.78, 5) is 17.4. The molecule has 0 unspecified atom stereocenters. The first kappa shape index (κ1) is 19.0. The fourth-order valence-corrected chi connectivity index (χ4v) is 4.05. The molecule has 0 spiro atoms. The Labute approximate surface area is 159 Å². The van der Waals surface area contributed by atoms with Gasteiger partial charge in [0.25, 0.3) is 0 Å². The first-order valence-electron chi connectivity index (χ1n) is 8.81. The highest BCUT2D eigenvalue weighted by Gasteiger charge is 2.35. The van der Waals surface area contributed by atoms with E-state index in [0.29, 0.717) is 13.2 Å². The van der Waals surface area contributed by atoms with Crippen LogP contribution in [0.25, 0.3) is 0 Å². The molecule has 3 rings (SSSR count). The Morgan fingerprint density at radius 3 is 2.38 bits per heavy atom. The number of hydrogen-bond acceptors (Lipinski definition) is 5. The van der Waals surface area contributed by atoms with E-state index >= 15 is 0 Å². The van der Waals surface area contributed by atoms with Gasteiger partial charge in [-0.15, -0.1) is 0 Å². The highest BCUT2D eigenvalue weighted by molar-refractivity contribution is 7.99. The molecule has 2 aromatic rings. The summed E-state index contributed by atoms with van der Waals surface area (Å²) in [5.41, 5.74) is 0.215. The molecule has 26 heavy (non-hydrogen) atoms. The zero-order valence-electron chi connectivity index (χ0n) is 15.5. The standard InChI is InChI=1S/C21H25NO3S/c1-21(2,22-12-14-25-15-13-22)20(23)16-8-10-17(11-9-16)26-19-7-5-4-6-18(19)24-3/h4-11H,12-15H2,1-3H3. The van der Waals surface area contributed by atoms with Crippen molar-refractivity contribution in [3.8, 4) is 5.75 Å². The summed E-state index contributed by atoms with van der Waals surface area (Å²) in [5, 5.41) is 0. The maximum atomic E-state index is 13.0. The number of ether oxygens (including phenoxy) is 2. The van der Waals surface area contributed by atoms with E-state index in [0.717, 1.165) is 34.2 Å². The van der Waals surface area contributed by atoms with Crippen molar-refractivity contribution in [3.63, 3.8) is 0 Å². The van der Waals surface area contributed by atoms with Crippen LogP contribution in [-0.2, 0) is 4.74 Å². The van der Waals surface area contributed by atoms with Crippen molar-refractivity contribution in [2.75, 3.05) is 33.4 Å². The lowest BCUT2D eigenvalue weighted by atomic mass is 9.91. The third-order valence-electron chi connectivity index (χ3n) is 4.77. The Hall–Kier alpha value is -1.82. The summed E-state index contributed by atoms with van der Waals surface area (Å²) >= 11 is 1.63. The van der Waals surface area contributed by atoms with Crippen molar-refractivity contribution in [2.24, 2.45) is 0 Å². The van der Waals surface area contributed by atoms with Crippen molar-refractivity contribution in [2.45, 2.75) is 29.2 Å². The molecule has 0 bridgehead atoms. The monoisotopic (exact) mass is 371 g/mol. The maximum Gasteiger partial charge on any atom is 0.182 e. The largest absolute Gasteiger partial charge is 0.496 e. The zero-order valence-corrected chi connectivity index (χ0v) is 16.3. The molecular weight excluding hydrogens is 346 g/mol. The van der Waals surface area contributed by atoms with Gasteiger partial charge in [-0.25, -0.2) is 0 Å². The molecule has 2 aromatic carbocycles. The summed E-state index contributed by atoms with van der Waals surface area (Å²) in [6.45, 7) is 6.95. The number of Topliss-reactive ketones (excluding diaryl/α,β-unsaturated/α-hetero) is 1. The highest BCUT2D eigenvalue weighted by Crippen LogP contribution is 2.35. The Morgan fingerprint density at radius 1 is 1.08 bits per heavy atom. The Bertz CT molecular complexity index is 752. The summed E-state index contributed by atoms with van der Waals surface area (Å²) in [6.07, 6.45) is 0. The molecule has 0 atom stereocenters. The van der Waals surface area contributed by atoms with Crippen molar-refractivity contribution in [1.82, 2.24) is 4.90 Å². The normalized spacial score (nSPS) is 15.7. The first-order valence-corrected chi connectivity index (χ1v) is 9.62. The molecule has 1 aliphatic rings. The van der Waals surface area contributed by atoms with E-state index < -0.39 is 5.54 Å². The molecule has 0 saturated carbocycles. The smallest absolute Gasteiger partial charge is 0.182 e. The van der Waals surface area contributed by atoms with Crippen molar-refractivity contribution in [1.29, 1.82) is 0 Å². The van der Waals surface area contributed by atoms with Crippen molar-refractivity contribution >= 4 is 17.5 Å². The molecule has 1 heterocycles. The van der Waals surface area contributed by atoms with Gasteiger partial charge in [0.1, 0.15) is 5.75 Å². The van der Waals surface area contributed by atoms with Gasteiger partial charge in [-0.1, -0.05) is 36.0 Å². The molecule has 5 heteroatoms. The second kappa shape index (κ2) is 8.25. The topological polar surface area (TPSA) is 38.8 Å². The molecule has 1 aliphatic heterocycles. The Morgan fingerprint density at radius 2 is 1.73 bits per heavy atom. The molecular formula is C21H25NO3S. The number of benzene rings is 2. The van der Waals surface area contributed by atoms with Gasteiger partial charge in [0.2, 0.25) is 0 Å². The van der Waals surface area contributed by atoms with Gasteiger partial charge < -0.3 is 9.47 Å². The molecule has 4 nitrogen and oxygen atoms in total. The first-order chi connectivity index (χ1) is 12.5. The number of ketones is 1. The van der Waals surface area contributed by atoms with Gasteiger partial charge in [-0.05, 0) is 38.1 Å². The van der Waals surface area contributed by atoms with Crippen LogP contribution in [0.1, 0.15) is 24.2 Å². The molecule has 0 aromatic heterocycles. The van der Waals surface area contributed by atoms with Crippen molar-refractivity contribution in [3.05, 3.63) is 54.1 Å². The lowest BCUT2D eigenvalue weighted by molar-refractivity contribution is -0.00430. The molecule has 138 valence electrons. The summed E-state index contributed by atoms with van der Waals surface area (Å²) in [5.74, 6) is 0.999. The number of para-hydroxylation sites is 1. The van der Waals surface area contributed by atoms with Crippen LogP contribution in [0, 0.1) is 0 Å². The predicted octanol–water partition coefficient (Wildman–Crippen LogP) is 4.14. The molecule has 0 N–H and O–H groups in total. The molecule has 1 fully saturated rings. The minimum atomic E-state index is -0.527. The number of nitrogens with zero attached hydrogens (tertiary/aromatic N) is 1. The highest BCUT2D eigenvalue weighted by atomic mass is 32.2. The van der Waals surface area contributed by atoms with Crippen LogP contribution in [0.2, 0.25) is 0 Å². The van der Waals surface area contributed by atoms with E-state index in [-0.39, 0.29) is 5.78 Å². The summed E-state index contributed by atoms with van der Waals surface area (Å²) in [6, 6.07) is 15.8. The lowest BCUT2D eigenvalue weighted by Crippen LogP contribution is -2.54. The number of carbonyl (C=O) groups is 1. The van der Waals surface area contributed by atoms with E-state index in [4.69, 9.17) is 9.47 Å². The third-order valence-corrected chi connectivity index (χ3v) is 5.84. The Balaban J connectivity index is 1.73. The number of carbonyl (C=O) groups excluding carboxylic acids is 1. The Kier molecular flexibility index (Phi) is 6.01. The molecule has 0 amide bonds. The number of morpholine rings is 1. The minimum absolute atomic E-state index is 0.147. The van der Waals surface area contributed by atoms with Crippen LogP contribution in [0.15, 0.2) is 58.3 Å². The average molecular weight is 372 g/mol. The minimum Gasteiger partial charge on any atom is -0.496 e. The van der Waals surface area contributed by atoms with Gasteiger partial charge >= 0.3 is 0 Å². The van der Waals surface area contributed by atoms with Gasteiger partial charge in [-0.2, -0.15) is 0 Å². The van der Waals surface area contributed by atoms with Crippen LogP contribution in [0.4, 0.5) is 0 Å². The van der Waals surface area contributed by atoms with Gasteiger partial charge in [0.05, 0.1) is 30.8 Å². The van der Waals surface area contributed by atoms with E-state index in [1.165, 1.54) is 0 Å². The third kappa shape index (κ3) is 4.11. The van der Waals surface area contributed by atoms with Gasteiger partial charge in [0.15, 0.2) is 5.78 Å². The van der Waals surface area contributed by atoms with Crippen LogP contribution < -0.4 is 4.74 Å². The quantitative estimate of drug-likeness (QED) is 0.714. The molecule has 0 radical (unpaired) electrons. The van der Waals surface area contributed by atoms with E-state index in [9.17, 15) is 4.79 Å². The van der Waals surface area contributed by atoms with Crippen LogP contribution in [0.3, 0.4) is 0 Å². The fraction of sp³-hybridized carbons (Fsp3) is 0.381. The summed E-state index contributed by atoms with van der Waals surface area (Å²) in [7, 11) is 1.68. The van der Waals surface area contributed by atoms with Gasteiger partial charge in [0, 0.05) is 23.5 Å². The second-order valence-electron chi connectivity index (χ2n) is 6.76. The zero-order chi connectivity index (χ0) is 18.6. The molecule has 1 saturated heterocycles. The van der Waals surface area contributed by atoms with Crippen LogP contribution in [0.5, 0.6) is 5.75 Å². The van der Waals surface area contributed by atoms with Crippen molar-refractivity contribution < 1.29 is 14.3 Å².